The summed E-state index contributed by atoms with van der Waals surface area (Å²) in [5.41, 5.74) is 5.58. The highest BCUT2D eigenvalue weighted by Gasteiger charge is 2.46. The first kappa shape index (κ1) is 20.4. The summed E-state index contributed by atoms with van der Waals surface area (Å²) in [6.07, 6.45) is 1.47. The van der Waals surface area contributed by atoms with Crippen molar-refractivity contribution < 1.29 is 13.5 Å². The van der Waals surface area contributed by atoms with E-state index in [4.69, 9.17) is 10.00 Å². The fourth-order valence-corrected chi connectivity index (χ4v) is 4.68. The van der Waals surface area contributed by atoms with Gasteiger partial charge in [0.2, 0.25) is 0 Å². The van der Waals surface area contributed by atoms with Crippen LogP contribution in [0, 0.1) is 17.2 Å². The molecule has 1 saturated carbocycles. The van der Waals surface area contributed by atoms with Crippen LogP contribution in [-0.2, 0) is 4.74 Å². The van der Waals surface area contributed by atoms with Gasteiger partial charge in [-0.15, -0.1) is 0 Å². The van der Waals surface area contributed by atoms with Crippen molar-refractivity contribution in [2.45, 2.75) is 75.7 Å². The molecular formula is C20H28F2N6O. The largest absolute Gasteiger partial charge is 0.373 e. The van der Waals surface area contributed by atoms with E-state index in [1.165, 1.54) is 6.33 Å². The molecule has 7 nitrogen and oxygen atoms in total. The second kappa shape index (κ2) is 8.09. The summed E-state index contributed by atoms with van der Waals surface area (Å²) in [6, 6.07) is 3.64. The maximum atomic E-state index is 14.5. The van der Waals surface area contributed by atoms with Crippen molar-refractivity contribution >= 4 is 5.82 Å². The van der Waals surface area contributed by atoms with Gasteiger partial charge >= 0.3 is 0 Å². The lowest BCUT2D eigenvalue weighted by Crippen LogP contribution is -2.44. The highest BCUT2D eigenvalue weighted by atomic mass is 19.1. The average Bonchev–Trinajstić information content (AvgIpc) is 3.11. The molecule has 4 rings (SSSR count). The third kappa shape index (κ3) is 4.20. The molecule has 3 fully saturated rings. The van der Waals surface area contributed by atoms with Crippen LogP contribution in [0.15, 0.2) is 12.4 Å². The van der Waals surface area contributed by atoms with Crippen LogP contribution in [0.5, 0.6) is 0 Å². The summed E-state index contributed by atoms with van der Waals surface area (Å²) in [6.45, 7) is 4.73. The van der Waals surface area contributed by atoms with E-state index in [9.17, 15) is 8.78 Å². The molecule has 3 heterocycles. The molecule has 0 spiro atoms. The van der Waals surface area contributed by atoms with Gasteiger partial charge in [-0.25, -0.2) is 24.2 Å². The molecule has 29 heavy (non-hydrogen) atoms. The Morgan fingerprint density at radius 3 is 2.72 bits per heavy atom. The number of hydrogen-bond donors (Lipinski definition) is 2. The molecule has 2 saturated heterocycles. The highest BCUT2D eigenvalue weighted by molar-refractivity contribution is 5.41. The van der Waals surface area contributed by atoms with Crippen LogP contribution in [0.25, 0.3) is 0 Å². The van der Waals surface area contributed by atoms with Crippen molar-refractivity contribution in [3.05, 3.63) is 18.1 Å². The normalized spacial score (nSPS) is 34.1. The van der Waals surface area contributed by atoms with Crippen LogP contribution >= 0.6 is 0 Å². The van der Waals surface area contributed by atoms with Gasteiger partial charge in [0.15, 0.2) is 5.67 Å². The second-order valence-electron chi connectivity index (χ2n) is 8.61. The number of nitrogens with zero attached hydrogens (tertiary/aromatic N) is 4. The third-order valence-corrected chi connectivity index (χ3v) is 6.28. The van der Waals surface area contributed by atoms with Crippen molar-refractivity contribution in [1.29, 1.82) is 5.26 Å². The molecule has 0 aromatic carbocycles. The number of piperidine rings is 1. The number of rotatable bonds is 4. The van der Waals surface area contributed by atoms with E-state index < -0.39 is 17.9 Å². The number of hydrogen-bond acceptors (Lipinski definition) is 7. The SMILES string of the molecule is CC(C)OC1CC2C(CC1F)NNC2c1cc(N2CCC(F)(C#N)CC2)ncn1. The molecule has 1 aromatic heterocycles. The van der Waals surface area contributed by atoms with E-state index in [-0.39, 0.29) is 36.9 Å². The Morgan fingerprint density at radius 2 is 2.03 bits per heavy atom. The quantitative estimate of drug-likeness (QED) is 0.794. The Kier molecular flexibility index (Phi) is 5.69. The van der Waals surface area contributed by atoms with Crippen molar-refractivity contribution in [1.82, 2.24) is 20.8 Å². The number of fused-ring (bicyclic) bond motifs is 1. The van der Waals surface area contributed by atoms with Crippen molar-refractivity contribution in [3.63, 3.8) is 0 Å². The molecule has 158 valence electrons. The number of anilines is 1. The third-order valence-electron chi connectivity index (χ3n) is 6.28. The maximum absolute atomic E-state index is 14.5. The van der Waals surface area contributed by atoms with Crippen LogP contribution in [0.4, 0.5) is 14.6 Å². The molecule has 2 N–H and O–H groups in total. The van der Waals surface area contributed by atoms with Crippen LogP contribution in [0.2, 0.25) is 0 Å². The lowest BCUT2D eigenvalue weighted by molar-refractivity contribution is -0.0708. The molecule has 0 radical (unpaired) electrons. The summed E-state index contributed by atoms with van der Waals surface area (Å²) in [5, 5.41) is 8.98. The molecule has 9 heteroatoms. The Hall–Kier alpha value is -1.89. The fourth-order valence-electron chi connectivity index (χ4n) is 4.68. The second-order valence-corrected chi connectivity index (χ2v) is 8.61. The minimum atomic E-state index is -1.74. The highest BCUT2D eigenvalue weighted by Crippen LogP contribution is 2.40. The van der Waals surface area contributed by atoms with E-state index in [0.717, 1.165) is 11.5 Å². The standard InChI is InChI=1S/C20H28F2N6O/c1-12(2)29-17-7-13-15(8-14(17)21)26-27-19(13)16-9-18(25-11-24-16)28-5-3-20(22,10-23)4-6-28/h9,11-15,17,19,26-27H,3-8H2,1-2H3. The van der Waals surface area contributed by atoms with Crippen LogP contribution in [0.1, 0.15) is 51.3 Å². The fraction of sp³-hybridized carbons (Fsp3) is 0.750. The van der Waals surface area contributed by atoms with Gasteiger partial charge in [-0.1, -0.05) is 0 Å². The van der Waals surface area contributed by atoms with Gasteiger partial charge < -0.3 is 9.64 Å². The Balaban J connectivity index is 1.48. The molecule has 1 aromatic rings. The van der Waals surface area contributed by atoms with Crippen molar-refractivity contribution in [3.8, 4) is 6.07 Å². The Labute approximate surface area is 169 Å². The van der Waals surface area contributed by atoms with Gasteiger partial charge in [-0.3, -0.25) is 5.43 Å². The lowest BCUT2D eigenvalue weighted by Gasteiger charge is -2.36. The predicted molar refractivity (Wildman–Crippen MR) is 103 cm³/mol. The van der Waals surface area contributed by atoms with Gasteiger partial charge in [0, 0.05) is 44.0 Å². The van der Waals surface area contributed by atoms with E-state index in [1.54, 1.807) is 6.07 Å². The smallest absolute Gasteiger partial charge is 0.199 e. The average molecular weight is 406 g/mol. The molecule has 0 bridgehead atoms. The minimum Gasteiger partial charge on any atom is -0.373 e. The predicted octanol–water partition coefficient (Wildman–Crippen LogP) is 2.37. The Bertz CT molecular complexity index is 764. The minimum absolute atomic E-state index is 0.0173. The lowest BCUT2D eigenvalue weighted by atomic mass is 9.78. The molecule has 3 aliphatic rings. The van der Waals surface area contributed by atoms with Crippen LogP contribution in [0.3, 0.4) is 0 Å². The van der Waals surface area contributed by atoms with E-state index in [0.29, 0.717) is 25.9 Å². The number of ether oxygens (including phenoxy) is 1. The van der Waals surface area contributed by atoms with E-state index >= 15 is 0 Å². The zero-order valence-corrected chi connectivity index (χ0v) is 16.8. The molecule has 5 unspecified atom stereocenters. The van der Waals surface area contributed by atoms with Gasteiger partial charge in [-0.05, 0) is 26.7 Å². The molecule has 2 aliphatic heterocycles. The van der Waals surface area contributed by atoms with Crippen molar-refractivity contribution in [2.75, 3.05) is 18.0 Å². The van der Waals surface area contributed by atoms with Gasteiger partial charge in [0.1, 0.15) is 24.4 Å². The summed E-state index contributed by atoms with van der Waals surface area (Å²) < 4.78 is 34.5. The summed E-state index contributed by atoms with van der Waals surface area (Å²) >= 11 is 0. The number of hydrazine groups is 1. The monoisotopic (exact) mass is 406 g/mol. The topological polar surface area (TPSA) is 86.1 Å². The Morgan fingerprint density at radius 1 is 1.28 bits per heavy atom. The van der Waals surface area contributed by atoms with Crippen molar-refractivity contribution in [2.24, 2.45) is 5.92 Å². The maximum Gasteiger partial charge on any atom is 0.199 e. The van der Waals surface area contributed by atoms with Crippen LogP contribution in [-0.4, -0.2) is 53.1 Å². The number of aromatic nitrogens is 2. The summed E-state index contributed by atoms with van der Waals surface area (Å²) in [4.78, 5) is 10.8. The summed E-state index contributed by atoms with van der Waals surface area (Å²) in [7, 11) is 0. The first-order valence-electron chi connectivity index (χ1n) is 10.4. The van der Waals surface area contributed by atoms with Gasteiger partial charge in [0.25, 0.3) is 0 Å². The number of nitrogens with one attached hydrogen (secondary N) is 2. The first-order valence-corrected chi connectivity index (χ1v) is 10.4. The van der Waals surface area contributed by atoms with E-state index in [1.807, 2.05) is 24.8 Å². The number of halogens is 2. The summed E-state index contributed by atoms with van der Waals surface area (Å²) in [5.74, 6) is 0.890. The first-order chi connectivity index (χ1) is 13.9. The van der Waals surface area contributed by atoms with Gasteiger partial charge in [0.05, 0.1) is 23.9 Å². The molecular weight excluding hydrogens is 378 g/mol. The van der Waals surface area contributed by atoms with E-state index in [2.05, 4.69) is 20.8 Å². The molecule has 1 aliphatic carbocycles. The van der Waals surface area contributed by atoms with Crippen LogP contribution < -0.4 is 15.8 Å². The molecule has 0 amide bonds. The number of nitriles is 1. The van der Waals surface area contributed by atoms with Gasteiger partial charge in [-0.2, -0.15) is 5.26 Å². The zero-order chi connectivity index (χ0) is 20.6. The molecule has 5 atom stereocenters. The number of alkyl halides is 2. The zero-order valence-electron chi connectivity index (χ0n) is 16.8.